The number of benzene rings is 1. The molecule has 3 aliphatic heterocycles. The second kappa shape index (κ2) is 9.29. The first-order valence-corrected chi connectivity index (χ1v) is 13.2. The molecule has 1 aromatic heterocycles. The number of pyridine rings is 1. The molecule has 0 unspecified atom stereocenters. The Morgan fingerprint density at radius 3 is 2.54 bits per heavy atom. The van der Waals surface area contributed by atoms with Gasteiger partial charge < -0.3 is 19.4 Å². The average Bonchev–Trinajstić information content (AvgIpc) is 3.46. The van der Waals surface area contributed by atoms with Crippen LogP contribution in [0.3, 0.4) is 0 Å². The van der Waals surface area contributed by atoms with Gasteiger partial charge in [0.1, 0.15) is 16.8 Å². The molecule has 0 saturated carbocycles. The van der Waals surface area contributed by atoms with E-state index in [0.717, 1.165) is 12.2 Å². The number of carbonyl (C=O) groups is 2. The van der Waals surface area contributed by atoms with Gasteiger partial charge >= 0.3 is 5.97 Å². The summed E-state index contributed by atoms with van der Waals surface area (Å²) in [6, 6.07) is 9.83. The maximum Gasteiger partial charge on any atom is 0.339 e. The van der Waals surface area contributed by atoms with Crippen molar-refractivity contribution in [1.82, 2.24) is 14.8 Å². The van der Waals surface area contributed by atoms with Gasteiger partial charge in [-0.2, -0.15) is 8.42 Å². The van der Waals surface area contributed by atoms with E-state index in [0.29, 0.717) is 62.7 Å². The Hall–Kier alpha value is -3.47. The summed E-state index contributed by atoms with van der Waals surface area (Å²) >= 11 is 0. The molecule has 3 aliphatic rings. The number of ether oxygens (including phenoxy) is 1. The van der Waals surface area contributed by atoms with Gasteiger partial charge in [0.15, 0.2) is 5.84 Å². The normalized spacial score (nSPS) is 21.0. The van der Waals surface area contributed by atoms with Crippen molar-refractivity contribution in [3.8, 4) is 0 Å². The van der Waals surface area contributed by atoms with Crippen molar-refractivity contribution in [3.63, 3.8) is 0 Å². The van der Waals surface area contributed by atoms with Gasteiger partial charge in [-0.15, -0.1) is 4.40 Å². The maximum atomic E-state index is 13.5. The van der Waals surface area contributed by atoms with E-state index in [-0.39, 0.29) is 10.8 Å². The fourth-order valence-electron chi connectivity index (χ4n) is 4.85. The van der Waals surface area contributed by atoms with Crippen LogP contribution in [0.4, 0.5) is 5.82 Å². The number of hydrogen-bond acceptors (Lipinski definition) is 8. The lowest BCUT2D eigenvalue weighted by molar-refractivity contribution is -0.135. The van der Waals surface area contributed by atoms with Crippen molar-refractivity contribution >= 4 is 33.6 Å². The molecule has 0 radical (unpaired) electrons. The number of aromatic nitrogens is 1. The Balaban J connectivity index is 1.25. The monoisotopic (exact) mass is 497 g/mol. The van der Waals surface area contributed by atoms with E-state index in [2.05, 4.69) is 14.3 Å². The summed E-state index contributed by atoms with van der Waals surface area (Å²) in [7, 11) is -3.74. The molecule has 1 atom stereocenters. The largest absolute Gasteiger partial charge is 0.462 e. The number of piperazine rings is 1. The van der Waals surface area contributed by atoms with Crippen molar-refractivity contribution < 1.29 is 22.7 Å². The molecule has 0 spiro atoms. The van der Waals surface area contributed by atoms with Crippen LogP contribution in [0.1, 0.15) is 35.7 Å². The van der Waals surface area contributed by atoms with Crippen LogP contribution in [0.25, 0.3) is 0 Å². The molecule has 10 nitrogen and oxygen atoms in total. The predicted octanol–water partition coefficient (Wildman–Crippen LogP) is 1.52. The van der Waals surface area contributed by atoms with Crippen LogP contribution in [0.5, 0.6) is 0 Å². The third-order valence-electron chi connectivity index (χ3n) is 6.60. The van der Waals surface area contributed by atoms with Crippen LogP contribution in [0.2, 0.25) is 0 Å². The van der Waals surface area contributed by atoms with Crippen LogP contribution in [-0.4, -0.2) is 86.3 Å². The topological polar surface area (TPSA) is 112 Å². The first-order chi connectivity index (χ1) is 16.9. The van der Waals surface area contributed by atoms with Crippen molar-refractivity contribution in [1.29, 1.82) is 0 Å². The SMILES string of the molecule is CCOC(=O)c1ccc(N2CCN(C(=O)[C@@H]3CCCN3C3=NS(=O)(=O)c4ccccc43)CC2)nc1. The van der Waals surface area contributed by atoms with Gasteiger partial charge in [-0.05, 0) is 44.0 Å². The van der Waals surface area contributed by atoms with Crippen molar-refractivity contribution in [2.24, 2.45) is 4.40 Å². The van der Waals surface area contributed by atoms with Gasteiger partial charge in [-0.3, -0.25) is 4.79 Å². The second-order valence-corrected chi connectivity index (χ2v) is 10.2. The van der Waals surface area contributed by atoms with E-state index in [9.17, 15) is 18.0 Å². The summed E-state index contributed by atoms with van der Waals surface area (Å²) in [5.74, 6) is 0.721. The summed E-state index contributed by atoms with van der Waals surface area (Å²) in [5, 5.41) is 0. The first kappa shape index (κ1) is 23.3. The highest BCUT2D eigenvalue weighted by atomic mass is 32.2. The molecule has 0 bridgehead atoms. The van der Waals surface area contributed by atoms with Crippen LogP contribution >= 0.6 is 0 Å². The predicted molar refractivity (Wildman–Crippen MR) is 129 cm³/mol. The molecular weight excluding hydrogens is 470 g/mol. The number of rotatable bonds is 4. The molecule has 2 aromatic rings. The summed E-state index contributed by atoms with van der Waals surface area (Å²) in [6.45, 7) is 4.95. The number of hydrogen-bond donors (Lipinski definition) is 0. The molecule has 4 heterocycles. The highest BCUT2D eigenvalue weighted by Crippen LogP contribution is 2.31. The van der Waals surface area contributed by atoms with Gasteiger partial charge in [0.2, 0.25) is 5.91 Å². The van der Waals surface area contributed by atoms with Crippen molar-refractivity contribution in [2.75, 3.05) is 44.2 Å². The van der Waals surface area contributed by atoms with Crippen LogP contribution < -0.4 is 4.90 Å². The zero-order valence-electron chi connectivity index (χ0n) is 19.5. The van der Waals surface area contributed by atoms with E-state index in [1.165, 1.54) is 6.20 Å². The molecule has 35 heavy (non-hydrogen) atoms. The molecular formula is C24H27N5O5S. The summed E-state index contributed by atoms with van der Waals surface area (Å²) in [4.78, 5) is 35.7. The minimum absolute atomic E-state index is 0.00255. The smallest absolute Gasteiger partial charge is 0.339 e. The van der Waals surface area contributed by atoms with E-state index < -0.39 is 22.0 Å². The van der Waals surface area contributed by atoms with Gasteiger partial charge in [-0.25, -0.2) is 9.78 Å². The van der Waals surface area contributed by atoms with Crippen LogP contribution in [0.15, 0.2) is 51.9 Å². The summed E-state index contributed by atoms with van der Waals surface area (Å²) in [6.07, 6.45) is 2.97. The van der Waals surface area contributed by atoms with Gasteiger partial charge in [0.05, 0.1) is 12.2 Å². The summed E-state index contributed by atoms with van der Waals surface area (Å²) in [5.41, 5.74) is 0.971. The molecule has 0 N–H and O–H groups in total. The number of likely N-dealkylation sites (tertiary alicyclic amines) is 1. The lowest BCUT2D eigenvalue weighted by Crippen LogP contribution is -2.54. The number of amidine groups is 1. The molecule has 184 valence electrons. The molecule has 0 aliphatic carbocycles. The molecule has 5 rings (SSSR count). The number of nitrogens with zero attached hydrogens (tertiary/aromatic N) is 5. The van der Waals surface area contributed by atoms with E-state index >= 15 is 0 Å². The number of sulfonamides is 1. The van der Waals surface area contributed by atoms with E-state index in [1.807, 2.05) is 9.80 Å². The van der Waals surface area contributed by atoms with Crippen molar-refractivity contribution in [3.05, 3.63) is 53.7 Å². The summed E-state index contributed by atoms with van der Waals surface area (Å²) < 4.78 is 34.0. The lowest BCUT2D eigenvalue weighted by Gasteiger charge is -2.38. The third-order valence-corrected chi connectivity index (χ3v) is 7.92. The minimum atomic E-state index is -3.74. The number of fused-ring (bicyclic) bond motifs is 1. The highest BCUT2D eigenvalue weighted by molar-refractivity contribution is 7.90. The molecule has 1 amide bonds. The van der Waals surface area contributed by atoms with E-state index in [1.54, 1.807) is 43.3 Å². The Bertz CT molecular complexity index is 1270. The van der Waals surface area contributed by atoms with E-state index in [4.69, 9.17) is 4.74 Å². The Morgan fingerprint density at radius 1 is 1.06 bits per heavy atom. The fraction of sp³-hybridized carbons (Fsp3) is 0.417. The van der Waals surface area contributed by atoms with Gasteiger partial charge in [0, 0.05) is 44.5 Å². The molecule has 1 aromatic carbocycles. The zero-order valence-corrected chi connectivity index (χ0v) is 20.3. The Morgan fingerprint density at radius 2 is 1.83 bits per heavy atom. The number of anilines is 1. The second-order valence-electron chi connectivity index (χ2n) is 8.68. The molecule has 2 saturated heterocycles. The first-order valence-electron chi connectivity index (χ1n) is 11.8. The van der Waals surface area contributed by atoms with Gasteiger partial charge in [0.25, 0.3) is 10.0 Å². The third kappa shape index (κ3) is 4.36. The maximum absolute atomic E-state index is 13.5. The van der Waals surface area contributed by atoms with Crippen LogP contribution in [-0.2, 0) is 19.6 Å². The zero-order chi connectivity index (χ0) is 24.6. The molecule has 2 fully saturated rings. The number of esters is 1. The van der Waals surface area contributed by atoms with Crippen molar-refractivity contribution in [2.45, 2.75) is 30.7 Å². The quantitative estimate of drug-likeness (QED) is 0.585. The van der Waals surface area contributed by atoms with Gasteiger partial charge in [-0.1, -0.05) is 12.1 Å². The number of carbonyl (C=O) groups excluding carboxylic acids is 2. The molecule has 11 heteroatoms. The highest BCUT2D eigenvalue weighted by Gasteiger charge is 2.41. The minimum Gasteiger partial charge on any atom is -0.462 e. The Labute approximate surface area is 204 Å². The standard InChI is InChI=1S/C24H27N5O5S/c1-2-34-24(31)17-9-10-21(25-16-17)27-12-14-28(15-13-27)23(30)19-7-5-11-29(19)22-18-6-3-4-8-20(18)35(32,33)26-22/h3-4,6,8-10,16,19H,2,5,7,11-15H2,1H3/t19-/m0/s1. The fourth-order valence-corrected chi connectivity index (χ4v) is 6.06. The average molecular weight is 498 g/mol. The number of amides is 1. The Kier molecular flexibility index (Phi) is 6.18. The lowest BCUT2D eigenvalue weighted by atomic mass is 10.1. The van der Waals surface area contributed by atoms with Crippen LogP contribution in [0, 0.1) is 0 Å².